The number of likely N-dealkylation sites (N-methyl/N-ethyl adjacent to an activating group) is 1. The number of thiol groups is 1. The Morgan fingerprint density at radius 2 is 2.08 bits per heavy atom. The first-order valence-electron chi connectivity index (χ1n) is 4.04. The van der Waals surface area contributed by atoms with Crippen molar-refractivity contribution in [2.45, 2.75) is 26.0 Å². The van der Waals surface area contributed by atoms with Gasteiger partial charge in [-0.2, -0.15) is 12.6 Å². The zero-order valence-electron chi connectivity index (χ0n) is 8.00. The topological polar surface area (TPSA) is 58.5 Å². The van der Waals surface area contributed by atoms with E-state index in [2.05, 4.69) is 22.9 Å². The molecule has 1 atom stereocenters. The maximum Gasteiger partial charge on any atom is 0.334 e. The third-order valence-corrected chi connectivity index (χ3v) is 1.79. The van der Waals surface area contributed by atoms with Crippen LogP contribution >= 0.6 is 12.6 Å². The van der Waals surface area contributed by atoms with Crippen molar-refractivity contribution in [2.24, 2.45) is 4.99 Å². The lowest BCUT2D eigenvalue weighted by atomic mass is 10.3. The van der Waals surface area contributed by atoms with Crippen LogP contribution in [0.5, 0.6) is 0 Å². The van der Waals surface area contributed by atoms with Gasteiger partial charge in [0.15, 0.2) is 0 Å². The van der Waals surface area contributed by atoms with Crippen molar-refractivity contribution >= 4 is 30.2 Å². The molecule has 0 aliphatic carbocycles. The van der Waals surface area contributed by atoms with E-state index >= 15 is 0 Å². The van der Waals surface area contributed by atoms with Crippen LogP contribution in [-0.4, -0.2) is 29.3 Å². The Morgan fingerprint density at radius 1 is 1.54 bits per heavy atom. The van der Waals surface area contributed by atoms with Gasteiger partial charge in [0.2, 0.25) is 0 Å². The quantitative estimate of drug-likeness (QED) is 0.387. The highest BCUT2D eigenvalue weighted by molar-refractivity contribution is 7.81. The lowest BCUT2D eigenvalue weighted by Gasteiger charge is -2.02. The van der Waals surface area contributed by atoms with Gasteiger partial charge < -0.3 is 5.32 Å². The van der Waals surface area contributed by atoms with Crippen molar-refractivity contribution in [3.05, 3.63) is 0 Å². The zero-order chi connectivity index (χ0) is 10.4. The first kappa shape index (κ1) is 12.2. The Labute approximate surface area is 83.2 Å². The Morgan fingerprint density at radius 3 is 2.46 bits per heavy atom. The van der Waals surface area contributed by atoms with Gasteiger partial charge in [0.25, 0.3) is 0 Å². The third-order valence-electron chi connectivity index (χ3n) is 1.41. The molecule has 0 fully saturated rings. The van der Waals surface area contributed by atoms with Gasteiger partial charge in [-0.3, -0.25) is 9.59 Å². The SMILES string of the molecule is CCNC(=O)C(=O)N=C(C)C(C)S. The number of rotatable bonds is 2. The van der Waals surface area contributed by atoms with Gasteiger partial charge in [0.1, 0.15) is 0 Å². The first-order valence-corrected chi connectivity index (χ1v) is 4.56. The maximum absolute atomic E-state index is 11.0. The van der Waals surface area contributed by atoms with Crippen LogP contribution < -0.4 is 5.32 Å². The van der Waals surface area contributed by atoms with E-state index in [-0.39, 0.29) is 5.25 Å². The summed E-state index contributed by atoms with van der Waals surface area (Å²) in [6.45, 7) is 5.61. The lowest BCUT2D eigenvalue weighted by molar-refractivity contribution is -0.137. The second-order valence-electron chi connectivity index (χ2n) is 2.59. The summed E-state index contributed by atoms with van der Waals surface area (Å²) >= 11 is 4.07. The summed E-state index contributed by atoms with van der Waals surface area (Å²) in [5, 5.41) is 2.26. The smallest absolute Gasteiger partial charge is 0.334 e. The molecule has 5 heteroatoms. The van der Waals surface area contributed by atoms with Gasteiger partial charge in [-0.1, -0.05) is 0 Å². The third kappa shape index (κ3) is 4.67. The monoisotopic (exact) mass is 202 g/mol. The van der Waals surface area contributed by atoms with Crippen LogP contribution in [0.3, 0.4) is 0 Å². The van der Waals surface area contributed by atoms with Gasteiger partial charge in [-0.15, -0.1) is 0 Å². The summed E-state index contributed by atoms with van der Waals surface area (Å²) in [6, 6.07) is 0. The number of hydrogen-bond donors (Lipinski definition) is 2. The first-order chi connectivity index (χ1) is 5.99. The van der Waals surface area contributed by atoms with Crippen molar-refractivity contribution in [3.63, 3.8) is 0 Å². The van der Waals surface area contributed by atoms with E-state index in [0.29, 0.717) is 12.3 Å². The minimum atomic E-state index is -0.764. The average Bonchev–Trinajstić information content (AvgIpc) is 2.04. The molecule has 74 valence electrons. The van der Waals surface area contributed by atoms with Crippen molar-refractivity contribution in [1.82, 2.24) is 5.32 Å². The summed E-state index contributed by atoms with van der Waals surface area (Å²) < 4.78 is 0. The van der Waals surface area contributed by atoms with Crippen LogP contribution in [0.4, 0.5) is 0 Å². The van der Waals surface area contributed by atoms with E-state index in [4.69, 9.17) is 0 Å². The molecule has 0 saturated heterocycles. The average molecular weight is 202 g/mol. The Hall–Kier alpha value is -0.840. The molecule has 0 aliphatic heterocycles. The Balaban J connectivity index is 4.29. The molecular weight excluding hydrogens is 188 g/mol. The van der Waals surface area contributed by atoms with Crippen LogP contribution in [0.1, 0.15) is 20.8 Å². The van der Waals surface area contributed by atoms with Gasteiger partial charge in [0, 0.05) is 17.5 Å². The fraction of sp³-hybridized carbons (Fsp3) is 0.625. The molecule has 0 aromatic rings. The van der Waals surface area contributed by atoms with Crippen LogP contribution in [0.2, 0.25) is 0 Å². The van der Waals surface area contributed by atoms with Crippen LogP contribution in [0.25, 0.3) is 0 Å². The summed E-state index contributed by atoms with van der Waals surface area (Å²) in [5.41, 5.74) is 0.541. The number of hydrogen-bond acceptors (Lipinski definition) is 3. The van der Waals surface area contributed by atoms with Crippen LogP contribution in [-0.2, 0) is 9.59 Å². The van der Waals surface area contributed by atoms with Crippen LogP contribution in [0.15, 0.2) is 4.99 Å². The summed E-state index contributed by atoms with van der Waals surface area (Å²) in [6.07, 6.45) is 0. The van der Waals surface area contributed by atoms with E-state index in [9.17, 15) is 9.59 Å². The molecule has 0 radical (unpaired) electrons. The van der Waals surface area contributed by atoms with Gasteiger partial charge in [-0.25, -0.2) is 4.99 Å². The second kappa shape index (κ2) is 5.75. The van der Waals surface area contributed by atoms with Crippen molar-refractivity contribution in [2.75, 3.05) is 6.54 Å². The maximum atomic E-state index is 11.0. The van der Waals surface area contributed by atoms with Gasteiger partial charge >= 0.3 is 11.8 Å². The molecular formula is C8H14N2O2S. The molecule has 0 rings (SSSR count). The largest absolute Gasteiger partial charge is 0.348 e. The number of nitrogens with zero attached hydrogens (tertiary/aromatic N) is 1. The van der Waals surface area contributed by atoms with E-state index in [1.165, 1.54) is 0 Å². The van der Waals surface area contributed by atoms with E-state index < -0.39 is 11.8 Å². The molecule has 0 bridgehead atoms. The van der Waals surface area contributed by atoms with Crippen molar-refractivity contribution in [1.29, 1.82) is 0 Å². The Kier molecular flexibility index (Phi) is 5.37. The number of amides is 2. The van der Waals surface area contributed by atoms with Crippen LogP contribution in [0, 0.1) is 0 Å². The zero-order valence-corrected chi connectivity index (χ0v) is 8.89. The predicted molar refractivity (Wildman–Crippen MR) is 55.2 cm³/mol. The molecule has 0 saturated carbocycles. The highest BCUT2D eigenvalue weighted by Gasteiger charge is 2.11. The summed E-state index contributed by atoms with van der Waals surface area (Å²) in [5.74, 6) is -1.43. The molecule has 0 spiro atoms. The molecule has 0 heterocycles. The number of carbonyl (C=O) groups is 2. The summed E-state index contributed by atoms with van der Waals surface area (Å²) in [7, 11) is 0. The van der Waals surface area contributed by atoms with E-state index in [1.54, 1.807) is 20.8 Å². The molecule has 13 heavy (non-hydrogen) atoms. The van der Waals surface area contributed by atoms with Gasteiger partial charge in [0.05, 0.1) is 0 Å². The number of carbonyl (C=O) groups excluding carboxylic acids is 2. The minimum absolute atomic E-state index is 0.113. The summed E-state index contributed by atoms with van der Waals surface area (Å²) in [4.78, 5) is 25.5. The van der Waals surface area contributed by atoms with E-state index in [0.717, 1.165) is 0 Å². The standard InChI is InChI=1S/C8H14N2O2S/c1-4-9-7(11)8(12)10-5(2)6(3)13/h6,13H,4H2,1-3H3,(H,9,11). The fourth-order valence-electron chi connectivity index (χ4n) is 0.541. The number of aliphatic imine (C=N–C) groups is 1. The molecule has 4 nitrogen and oxygen atoms in total. The molecule has 1 N–H and O–H groups in total. The van der Waals surface area contributed by atoms with Gasteiger partial charge in [-0.05, 0) is 20.8 Å². The lowest BCUT2D eigenvalue weighted by Crippen LogP contribution is -2.30. The fourth-order valence-corrected chi connectivity index (χ4v) is 0.598. The second-order valence-corrected chi connectivity index (χ2v) is 3.37. The normalized spacial score (nSPS) is 13.7. The highest BCUT2D eigenvalue weighted by atomic mass is 32.1. The molecule has 0 aliphatic rings. The highest BCUT2D eigenvalue weighted by Crippen LogP contribution is 1.96. The molecule has 0 aromatic heterocycles. The van der Waals surface area contributed by atoms with Crippen molar-refractivity contribution in [3.8, 4) is 0 Å². The number of nitrogens with one attached hydrogen (secondary N) is 1. The van der Waals surface area contributed by atoms with Crippen molar-refractivity contribution < 1.29 is 9.59 Å². The molecule has 1 unspecified atom stereocenters. The Bertz CT molecular complexity index is 236. The predicted octanol–water partition coefficient (Wildman–Crippen LogP) is 0.428. The molecule has 0 aromatic carbocycles. The minimum Gasteiger partial charge on any atom is -0.348 e. The molecule has 2 amide bonds. The van der Waals surface area contributed by atoms with E-state index in [1.807, 2.05) is 0 Å².